The Hall–Kier alpha value is -3.41. The van der Waals surface area contributed by atoms with Crippen LogP contribution < -0.4 is 4.74 Å². The quantitative estimate of drug-likeness (QED) is 0.239. The van der Waals surface area contributed by atoms with Gasteiger partial charge in [-0.1, -0.05) is 52.0 Å². The van der Waals surface area contributed by atoms with Crippen LogP contribution in [-0.2, 0) is 0 Å². The Morgan fingerprint density at radius 1 is 1.03 bits per heavy atom. The Morgan fingerprint density at radius 2 is 1.61 bits per heavy atom. The summed E-state index contributed by atoms with van der Waals surface area (Å²) in [4.78, 5) is 16.2. The predicted molar refractivity (Wildman–Crippen MR) is 135 cm³/mol. The van der Waals surface area contributed by atoms with Gasteiger partial charge in [0.1, 0.15) is 17.1 Å². The molecule has 0 bridgehead atoms. The van der Waals surface area contributed by atoms with Crippen molar-refractivity contribution in [1.82, 2.24) is 0 Å². The van der Waals surface area contributed by atoms with Crippen LogP contribution in [0.1, 0.15) is 77.0 Å². The third-order valence-electron chi connectivity index (χ3n) is 5.39. The van der Waals surface area contributed by atoms with Gasteiger partial charge in [0.05, 0.1) is 21.4 Å². The second kappa shape index (κ2) is 9.22. The summed E-state index contributed by atoms with van der Waals surface area (Å²) in [5.41, 5.74) is 2.64. The number of aromatic hydroxyl groups is 1. The number of benzene rings is 3. The summed E-state index contributed by atoms with van der Waals surface area (Å²) < 4.78 is 6.02. The van der Waals surface area contributed by atoms with E-state index in [9.17, 15) is 15.2 Å². The number of hydrogen-bond acceptors (Lipinski definition) is 5. The summed E-state index contributed by atoms with van der Waals surface area (Å²) in [7, 11) is 0. The van der Waals surface area contributed by atoms with Crippen molar-refractivity contribution in [3.63, 3.8) is 0 Å². The predicted octanol–water partition coefficient (Wildman–Crippen LogP) is 7.63. The highest BCUT2D eigenvalue weighted by atomic mass is 16.6. The zero-order chi connectivity index (χ0) is 24.5. The minimum Gasteiger partial charge on any atom is -0.506 e. The van der Waals surface area contributed by atoms with Crippen LogP contribution in [0.25, 0.3) is 10.8 Å². The number of hydrogen-bond donors (Lipinski definition) is 1. The SMILES string of the molecule is CC(C)c1cccc(C(C)C)c1N=Cc1cc([N+](=O)[O-])c2cccc(OC(C)(C)C)c2c1O. The molecule has 0 aliphatic heterocycles. The molecule has 6 nitrogen and oxygen atoms in total. The fraction of sp³-hybridized carbons (Fsp3) is 0.370. The first-order chi connectivity index (χ1) is 15.4. The van der Waals surface area contributed by atoms with Gasteiger partial charge in [-0.15, -0.1) is 0 Å². The van der Waals surface area contributed by atoms with Gasteiger partial charge in [0.2, 0.25) is 0 Å². The molecular weight excluding hydrogens is 416 g/mol. The van der Waals surface area contributed by atoms with E-state index >= 15 is 0 Å². The van der Waals surface area contributed by atoms with E-state index in [1.54, 1.807) is 18.2 Å². The van der Waals surface area contributed by atoms with E-state index in [4.69, 9.17) is 9.73 Å². The van der Waals surface area contributed by atoms with Crippen LogP contribution in [0.2, 0.25) is 0 Å². The van der Waals surface area contributed by atoms with E-state index in [1.165, 1.54) is 12.3 Å². The lowest BCUT2D eigenvalue weighted by Crippen LogP contribution is -2.23. The van der Waals surface area contributed by atoms with E-state index in [1.807, 2.05) is 39.0 Å². The van der Waals surface area contributed by atoms with Crippen molar-refractivity contribution in [2.45, 2.75) is 65.9 Å². The molecule has 0 atom stereocenters. The summed E-state index contributed by atoms with van der Waals surface area (Å²) in [6, 6.07) is 12.5. The van der Waals surface area contributed by atoms with E-state index in [0.717, 1.165) is 16.8 Å². The Bertz CT molecular complexity index is 1190. The first kappa shape index (κ1) is 24.2. The number of ether oxygens (including phenoxy) is 1. The summed E-state index contributed by atoms with van der Waals surface area (Å²) in [6.45, 7) is 14.1. The van der Waals surface area contributed by atoms with Crippen LogP contribution in [0.15, 0.2) is 47.5 Å². The zero-order valence-corrected chi connectivity index (χ0v) is 20.3. The highest BCUT2D eigenvalue weighted by Crippen LogP contribution is 2.42. The van der Waals surface area contributed by atoms with Crippen molar-refractivity contribution < 1.29 is 14.8 Å². The van der Waals surface area contributed by atoms with E-state index in [-0.39, 0.29) is 28.8 Å². The van der Waals surface area contributed by atoms with Gasteiger partial charge in [-0.2, -0.15) is 0 Å². The van der Waals surface area contributed by atoms with Crippen molar-refractivity contribution in [2.24, 2.45) is 4.99 Å². The highest BCUT2D eigenvalue weighted by Gasteiger charge is 2.23. The smallest absolute Gasteiger partial charge is 0.278 e. The number of non-ortho nitro benzene ring substituents is 1. The number of nitro groups is 1. The largest absolute Gasteiger partial charge is 0.506 e. The molecule has 0 saturated heterocycles. The Kier molecular flexibility index (Phi) is 6.77. The third-order valence-corrected chi connectivity index (χ3v) is 5.39. The fourth-order valence-corrected chi connectivity index (χ4v) is 3.89. The molecule has 0 amide bonds. The first-order valence-electron chi connectivity index (χ1n) is 11.2. The second-order valence-electron chi connectivity index (χ2n) is 9.84. The molecule has 0 fully saturated rings. The van der Waals surface area contributed by atoms with Crippen LogP contribution in [0.5, 0.6) is 11.5 Å². The van der Waals surface area contributed by atoms with Crippen LogP contribution in [-0.4, -0.2) is 21.8 Å². The minimum absolute atomic E-state index is 0.0904. The molecule has 33 heavy (non-hydrogen) atoms. The van der Waals surface area contributed by atoms with E-state index < -0.39 is 10.5 Å². The molecular formula is C27H32N2O4. The minimum atomic E-state index is -0.540. The normalized spacial score (nSPS) is 12.3. The number of aliphatic imine (C=N–C) groups is 1. The molecule has 0 aliphatic rings. The molecule has 0 unspecified atom stereocenters. The lowest BCUT2D eigenvalue weighted by atomic mass is 9.93. The molecule has 0 aliphatic carbocycles. The van der Waals surface area contributed by atoms with Crippen LogP contribution >= 0.6 is 0 Å². The van der Waals surface area contributed by atoms with Gasteiger partial charge in [-0.25, -0.2) is 0 Å². The Balaban J connectivity index is 2.27. The zero-order valence-electron chi connectivity index (χ0n) is 20.3. The Labute approximate surface area is 195 Å². The molecule has 1 N–H and O–H groups in total. The molecule has 6 heteroatoms. The molecule has 0 heterocycles. The second-order valence-corrected chi connectivity index (χ2v) is 9.84. The molecule has 3 aromatic carbocycles. The molecule has 3 aromatic rings. The lowest BCUT2D eigenvalue weighted by Gasteiger charge is -2.23. The van der Waals surface area contributed by atoms with E-state index in [2.05, 4.69) is 27.7 Å². The number of phenols is 1. The maximum absolute atomic E-state index is 11.9. The van der Waals surface area contributed by atoms with Gasteiger partial charge in [0, 0.05) is 17.8 Å². The topological polar surface area (TPSA) is 85.0 Å². The number of para-hydroxylation sites is 1. The van der Waals surface area contributed by atoms with Crippen molar-refractivity contribution in [3.8, 4) is 11.5 Å². The maximum atomic E-state index is 11.9. The molecule has 0 saturated carbocycles. The number of nitrogens with zero attached hydrogens (tertiary/aromatic N) is 2. The van der Waals surface area contributed by atoms with Crippen molar-refractivity contribution in [3.05, 3.63) is 69.3 Å². The standard InChI is InChI=1S/C27H32N2O4/c1-16(2)19-10-8-11-20(17(3)4)25(19)28-15-18-14-22(29(31)32)21-12-9-13-23(24(21)26(18)30)33-27(5,6)7/h8-17,30H,1-7H3. The van der Waals surface area contributed by atoms with Gasteiger partial charge < -0.3 is 9.84 Å². The van der Waals surface area contributed by atoms with Gasteiger partial charge in [-0.05, 0) is 55.9 Å². The molecule has 0 radical (unpaired) electrons. The van der Waals surface area contributed by atoms with Gasteiger partial charge >= 0.3 is 0 Å². The third kappa shape index (κ3) is 5.16. The van der Waals surface area contributed by atoms with Crippen LogP contribution in [0.3, 0.4) is 0 Å². The summed E-state index contributed by atoms with van der Waals surface area (Å²) in [6.07, 6.45) is 1.52. The number of rotatable bonds is 6. The van der Waals surface area contributed by atoms with Gasteiger partial charge in [0.25, 0.3) is 5.69 Å². The van der Waals surface area contributed by atoms with Gasteiger partial charge in [-0.3, -0.25) is 15.1 Å². The van der Waals surface area contributed by atoms with Crippen LogP contribution in [0, 0.1) is 10.1 Å². The molecule has 3 rings (SSSR count). The first-order valence-corrected chi connectivity index (χ1v) is 11.2. The molecule has 0 spiro atoms. The lowest BCUT2D eigenvalue weighted by molar-refractivity contribution is -0.383. The number of phenolic OH excluding ortho intramolecular Hbond substituents is 1. The summed E-state index contributed by atoms with van der Waals surface area (Å²) in [5.74, 6) is 0.804. The number of fused-ring (bicyclic) bond motifs is 1. The average Bonchev–Trinajstić information content (AvgIpc) is 2.71. The van der Waals surface area contributed by atoms with Crippen molar-refractivity contribution >= 4 is 28.4 Å². The monoisotopic (exact) mass is 448 g/mol. The maximum Gasteiger partial charge on any atom is 0.278 e. The summed E-state index contributed by atoms with van der Waals surface area (Å²) >= 11 is 0. The molecule has 174 valence electrons. The Morgan fingerprint density at radius 3 is 2.12 bits per heavy atom. The van der Waals surface area contributed by atoms with E-state index in [0.29, 0.717) is 16.5 Å². The molecule has 0 aromatic heterocycles. The summed E-state index contributed by atoms with van der Waals surface area (Å²) in [5, 5.41) is 23.7. The van der Waals surface area contributed by atoms with Crippen molar-refractivity contribution in [1.29, 1.82) is 0 Å². The number of nitro benzene ring substituents is 1. The average molecular weight is 449 g/mol. The highest BCUT2D eigenvalue weighted by molar-refractivity contribution is 6.05. The fourth-order valence-electron chi connectivity index (χ4n) is 3.89. The van der Waals surface area contributed by atoms with Gasteiger partial charge in [0.15, 0.2) is 0 Å². The van der Waals surface area contributed by atoms with Crippen LogP contribution in [0.4, 0.5) is 11.4 Å². The van der Waals surface area contributed by atoms with Crippen molar-refractivity contribution in [2.75, 3.05) is 0 Å².